The van der Waals surface area contributed by atoms with Gasteiger partial charge in [-0.15, -0.1) is 12.4 Å². The third kappa shape index (κ3) is 3.91. The zero-order valence-corrected chi connectivity index (χ0v) is 13.3. The number of likely N-dealkylation sites (tertiary alicyclic amines) is 1. The van der Waals surface area contributed by atoms with Crippen LogP contribution in [0.5, 0.6) is 0 Å². The molecule has 3 rings (SSSR count). The van der Waals surface area contributed by atoms with Crippen LogP contribution in [0, 0.1) is 5.92 Å². The summed E-state index contributed by atoms with van der Waals surface area (Å²) in [6, 6.07) is 7.23. The molecule has 1 saturated carbocycles. The molecule has 1 heterocycles. The Hall–Kier alpha value is -1.75. The van der Waals surface area contributed by atoms with Gasteiger partial charge in [-0.3, -0.25) is 9.59 Å². The summed E-state index contributed by atoms with van der Waals surface area (Å²) in [6.07, 6.45) is 3.72. The number of nitrogens with zero attached hydrogens (tertiary/aromatic N) is 1. The second-order valence-corrected chi connectivity index (χ2v) is 5.97. The zero-order valence-electron chi connectivity index (χ0n) is 12.5. The highest BCUT2D eigenvalue weighted by atomic mass is 35.5. The lowest BCUT2D eigenvalue weighted by atomic mass is 10.0. The summed E-state index contributed by atoms with van der Waals surface area (Å²) in [5, 5.41) is 3.09. The first-order valence-corrected chi connectivity index (χ1v) is 7.58. The van der Waals surface area contributed by atoms with E-state index in [1.807, 2.05) is 4.90 Å². The van der Waals surface area contributed by atoms with Gasteiger partial charge in [0, 0.05) is 36.3 Å². The highest BCUT2D eigenvalue weighted by molar-refractivity contribution is 5.94. The average molecular weight is 324 g/mol. The highest BCUT2D eigenvalue weighted by Crippen LogP contribution is 2.29. The molecule has 2 amide bonds. The standard InChI is InChI=1S/C16H21N3O2.ClH/c17-13-5-3-12(4-6-13)16(21)19-9-7-14(8-10-19)18-15(20)11-1-2-11;/h3-6,11,14H,1-2,7-10,17H2,(H,18,20);1H. The van der Waals surface area contributed by atoms with E-state index in [1.54, 1.807) is 24.3 Å². The van der Waals surface area contributed by atoms with Crippen LogP contribution in [0.4, 0.5) is 5.69 Å². The van der Waals surface area contributed by atoms with Gasteiger partial charge in [0.25, 0.3) is 5.91 Å². The number of hydrogen-bond donors (Lipinski definition) is 2. The molecule has 22 heavy (non-hydrogen) atoms. The first kappa shape index (κ1) is 16.6. The Morgan fingerprint density at radius 3 is 2.18 bits per heavy atom. The fourth-order valence-electron chi connectivity index (χ4n) is 2.70. The quantitative estimate of drug-likeness (QED) is 0.833. The summed E-state index contributed by atoms with van der Waals surface area (Å²) >= 11 is 0. The molecule has 5 nitrogen and oxygen atoms in total. The number of anilines is 1. The first-order chi connectivity index (χ1) is 10.1. The maximum atomic E-state index is 12.4. The summed E-state index contributed by atoms with van der Waals surface area (Å²) in [4.78, 5) is 25.9. The minimum absolute atomic E-state index is 0. The van der Waals surface area contributed by atoms with Crippen LogP contribution in [0.3, 0.4) is 0 Å². The number of benzene rings is 1. The van der Waals surface area contributed by atoms with Crippen molar-refractivity contribution in [1.82, 2.24) is 10.2 Å². The molecule has 1 aromatic rings. The second kappa shape index (κ2) is 7.01. The third-order valence-corrected chi connectivity index (χ3v) is 4.23. The van der Waals surface area contributed by atoms with Crippen LogP contribution in [0.2, 0.25) is 0 Å². The van der Waals surface area contributed by atoms with Crippen molar-refractivity contribution in [1.29, 1.82) is 0 Å². The van der Waals surface area contributed by atoms with Crippen LogP contribution in [-0.4, -0.2) is 35.8 Å². The van der Waals surface area contributed by atoms with E-state index in [9.17, 15) is 9.59 Å². The van der Waals surface area contributed by atoms with Crippen molar-refractivity contribution in [2.45, 2.75) is 31.7 Å². The molecule has 2 fully saturated rings. The van der Waals surface area contributed by atoms with E-state index in [4.69, 9.17) is 5.73 Å². The lowest BCUT2D eigenvalue weighted by molar-refractivity contribution is -0.123. The van der Waals surface area contributed by atoms with Crippen LogP contribution in [0.1, 0.15) is 36.0 Å². The smallest absolute Gasteiger partial charge is 0.253 e. The Labute approximate surface area is 136 Å². The number of nitrogens with two attached hydrogens (primary N) is 1. The molecule has 1 aromatic carbocycles. The van der Waals surface area contributed by atoms with Gasteiger partial charge in [-0.25, -0.2) is 0 Å². The van der Waals surface area contributed by atoms with Crippen molar-refractivity contribution in [3.05, 3.63) is 29.8 Å². The number of piperidine rings is 1. The minimum Gasteiger partial charge on any atom is -0.399 e. The maximum absolute atomic E-state index is 12.4. The number of halogens is 1. The molecule has 2 aliphatic rings. The molecule has 1 aliphatic heterocycles. The summed E-state index contributed by atoms with van der Waals surface area (Å²) in [5.74, 6) is 0.486. The Bertz CT molecular complexity index is 535. The normalized spacial score (nSPS) is 18.5. The monoisotopic (exact) mass is 323 g/mol. The van der Waals surface area contributed by atoms with Gasteiger partial charge in [0.15, 0.2) is 0 Å². The lowest BCUT2D eigenvalue weighted by Gasteiger charge is -2.32. The van der Waals surface area contributed by atoms with E-state index in [2.05, 4.69) is 5.32 Å². The van der Waals surface area contributed by atoms with Crippen molar-refractivity contribution in [2.24, 2.45) is 5.92 Å². The van der Waals surface area contributed by atoms with Gasteiger partial charge in [0.05, 0.1) is 0 Å². The SMILES string of the molecule is Cl.Nc1ccc(C(=O)N2CCC(NC(=O)C3CC3)CC2)cc1. The number of hydrogen-bond acceptors (Lipinski definition) is 3. The van der Waals surface area contributed by atoms with E-state index < -0.39 is 0 Å². The molecule has 1 aliphatic carbocycles. The van der Waals surface area contributed by atoms with E-state index in [0.717, 1.165) is 25.7 Å². The minimum atomic E-state index is 0. The first-order valence-electron chi connectivity index (χ1n) is 7.58. The molecule has 0 atom stereocenters. The number of rotatable bonds is 3. The summed E-state index contributed by atoms with van der Waals surface area (Å²) in [7, 11) is 0. The van der Waals surface area contributed by atoms with Gasteiger partial charge in [0.2, 0.25) is 5.91 Å². The molecular formula is C16H22ClN3O2. The fraction of sp³-hybridized carbons (Fsp3) is 0.500. The van der Waals surface area contributed by atoms with E-state index in [0.29, 0.717) is 24.3 Å². The van der Waals surface area contributed by atoms with Crippen LogP contribution in [0.25, 0.3) is 0 Å². The molecule has 0 spiro atoms. The Morgan fingerprint density at radius 2 is 1.64 bits per heavy atom. The summed E-state index contributed by atoms with van der Waals surface area (Å²) in [6.45, 7) is 1.39. The van der Waals surface area contributed by atoms with Gasteiger partial charge >= 0.3 is 0 Å². The van der Waals surface area contributed by atoms with Gasteiger partial charge in [-0.05, 0) is 49.9 Å². The van der Waals surface area contributed by atoms with Crippen molar-refractivity contribution in [3.63, 3.8) is 0 Å². The van der Waals surface area contributed by atoms with E-state index >= 15 is 0 Å². The van der Waals surface area contributed by atoms with Crippen molar-refractivity contribution < 1.29 is 9.59 Å². The second-order valence-electron chi connectivity index (χ2n) is 5.97. The topological polar surface area (TPSA) is 75.4 Å². The number of nitrogen functional groups attached to an aromatic ring is 1. The van der Waals surface area contributed by atoms with Gasteiger partial charge < -0.3 is 16.0 Å². The molecular weight excluding hydrogens is 302 g/mol. The molecule has 0 bridgehead atoms. The van der Waals surface area contributed by atoms with Crippen molar-refractivity contribution in [3.8, 4) is 0 Å². The van der Waals surface area contributed by atoms with Crippen molar-refractivity contribution >= 4 is 29.9 Å². The molecule has 0 aromatic heterocycles. The van der Waals surface area contributed by atoms with Crippen LogP contribution in [-0.2, 0) is 4.79 Å². The molecule has 3 N–H and O–H groups in total. The number of carbonyl (C=O) groups is 2. The molecule has 0 radical (unpaired) electrons. The van der Waals surface area contributed by atoms with E-state index in [-0.39, 0.29) is 36.2 Å². The zero-order chi connectivity index (χ0) is 14.8. The molecule has 120 valence electrons. The third-order valence-electron chi connectivity index (χ3n) is 4.23. The summed E-state index contributed by atoms with van der Waals surface area (Å²) in [5.41, 5.74) is 6.97. The number of amides is 2. The number of nitrogens with one attached hydrogen (secondary N) is 1. The lowest BCUT2D eigenvalue weighted by Crippen LogP contribution is -2.46. The van der Waals surface area contributed by atoms with Crippen LogP contribution < -0.4 is 11.1 Å². The molecule has 1 saturated heterocycles. The number of carbonyl (C=O) groups excluding carboxylic acids is 2. The molecule has 6 heteroatoms. The van der Waals surface area contributed by atoms with Crippen LogP contribution in [0.15, 0.2) is 24.3 Å². The highest BCUT2D eigenvalue weighted by Gasteiger charge is 2.32. The Kier molecular flexibility index (Phi) is 5.29. The molecule has 0 unspecified atom stereocenters. The van der Waals surface area contributed by atoms with Crippen molar-refractivity contribution in [2.75, 3.05) is 18.8 Å². The Balaban J connectivity index is 0.00000176. The average Bonchev–Trinajstić information content (AvgIpc) is 3.33. The predicted octanol–water partition coefficient (Wildman–Crippen LogP) is 1.82. The maximum Gasteiger partial charge on any atom is 0.253 e. The Morgan fingerprint density at radius 1 is 1.05 bits per heavy atom. The van der Waals surface area contributed by atoms with Gasteiger partial charge in [-0.2, -0.15) is 0 Å². The predicted molar refractivity (Wildman–Crippen MR) is 87.9 cm³/mol. The van der Waals surface area contributed by atoms with Crippen LogP contribution >= 0.6 is 12.4 Å². The summed E-state index contributed by atoms with van der Waals surface area (Å²) < 4.78 is 0. The fourth-order valence-corrected chi connectivity index (χ4v) is 2.70. The van der Waals surface area contributed by atoms with E-state index in [1.165, 1.54) is 0 Å². The van der Waals surface area contributed by atoms with Gasteiger partial charge in [0.1, 0.15) is 0 Å². The largest absolute Gasteiger partial charge is 0.399 e. The van der Waals surface area contributed by atoms with Gasteiger partial charge in [-0.1, -0.05) is 0 Å².